The van der Waals surface area contributed by atoms with Crippen LogP contribution in [-0.2, 0) is 14.8 Å². The summed E-state index contributed by atoms with van der Waals surface area (Å²) in [5.41, 5.74) is 0. The number of hydrogen-bond donors (Lipinski definition) is 1. The molecule has 0 saturated carbocycles. The Morgan fingerprint density at radius 2 is 1.96 bits per heavy atom. The van der Waals surface area contributed by atoms with Gasteiger partial charge in [-0.1, -0.05) is 30.1 Å². The van der Waals surface area contributed by atoms with Gasteiger partial charge in [0.2, 0.25) is 15.9 Å². The molecule has 0 bridgehead atoms. The van der Waals surface area contributed by atoms with E-state index in [2.05, 4.69) is 21.5 Å². The largest absolute Gasteiger partial charge is 0.340 e. The van der Waals surface area contributed by atoms with Gasteiger partial charge in [0, 0.05) is 45.3 Å². The molecule has 0 unspecified atom stereocenters. The number of sulfonamides is 1. The van der Waals surface area contributed by atoms with Crippen LogP contribution in [0.15, 0.2) is 17.2 Å². The molecule has 1 amide bonds. The van der Waals surface area contributed by atoms with Crippen molar-refractivity contribution in [2.75, 3.05) is 39.3 Å². The molecule has 1 aliphatic rings. The number of carbonyl (C=O) groups is 1. The Morgan fingerprint density at radius 1 is 1.29 bits per heavy atom. The maximum atomic E-state index is 12.2. The van der Waals surface area contributed by atoms with Crippen LogP contribution < -0.4 is 4.72 Å². The zero-order chi connectivity index (χ0) is 17.7. The molecule has 1 aromatic rings. The summed E-state index contributed by atoms with van der Waals surface area (Å²) in [6.07, 6.45) is 1.24. The molecule has 1 aromatic heterocycles. The number of rotatable bonds is 6. The second-order valence-corrected chi connectivity index (χ2v) is 7.94. The fraction of sp³-hybridized carbons (Fsp3) is 0.571. The number of amides is 1. The van der Waals surface area contributed by atoms with Gasteiger partial charge in [-0.2, -0.15) is 0 Å². The first-order valence-electron chi connectivity index (χ1n) is 7.64. The van der Waals surface area contributed by atoms with Crippen molar-refractivity contribution >= 4 is 39.1 Å². The van der Waals surface area contributed by atoms with Crippen LogP contribution in [0.4, 0.5) is 0 Å². The van der Waals surface area contributed by atoms with Crippen LogP contribution >= 0.6 is 23.2 Å². The Balaban J connectivity index is 1.84. The quantitative estimate of drug-likeness (QED) is 0.733. The molecule has 10 heteroatoms. The number of pyridine rings is 1. The summed E-state index contributed by atoms with van der Waals surface area (Å²) in [6, 6.07) is 1.23. The van der Waals surface area contributed by atoms with Crippen LogP contribution in [0.25, 0.3) is 0 Å². The van der Waals surface area contributed by atoms with Crippen molar-refractivity contribution in [2.45, 2.75) is 18.2 Å². The molecule has 1 N–H and O–H groups in total. The zero-order valence-corrected chi connectivity index (χ0v) is 15.7. The summed E-state index contributed by atoms with van der Waals surface area (Å²) in [7, 11) is -3.77. The number of aromatic nitrogens is 1. The zero-order valence-electron chi connectivity index (χ0n) is 13.3. The maximum Gasteiger partial charge on any atom is 0.242 e. The summed E-state index contributed by atoms with van der Waals surface area (Å²) >= 11 is 11.4. The lowest BCUT2D eigenvalue weighted by Gasteiger charge is -2.34. The fourth-order valence-corrected chi connectivity index (χ4v) is 3.73. The van der Waals surface area contributed by atoms with E-state index >= 15 is 0 Å². The minimum atomic E-state index is -3.77. The highest BCUT2D eigenvalue weighted by Crippen LogP contribution is 2.21. The number of hydrogen-bond acceptors (Lipinski definition) is 5. The summed E-state index contributed by atoms with van der Waals surface area (Å²) in [6.45, 7) is 6.14. The number of halogens is 2. The van der Waals surface area contributed by atoms with Gasteiger partial charge in [-0.05, 0) is 12.6 Å². The van der Waals surface area contributed by atoms with Crippen LogP contribution in [0.3, 0.4) is 0 Å². The second-order valence-electron chi connectivity index (χ2n) is 5.41. The Labute approximate surface area is 152 Å². The lowest BCUT2D eigenvalue weighted by molar-refractivity contribution is -0.132. The number of likely N-dealkylation sites (N-methyl/N-ethyl adjacent to an activating group) is 1. The summed E-state index contributed by atoms with van der Waals surface area (Å²) in [5.74, 6) is -0.0549. The average molecular weight is 395 g/mol. The van der Waals surface area contributed by atoms with Gasteiger partial charge in [-0.25, -0.2) is 18.1 Å². The van der Waals surface area contributed by atoms with Crippen LogP contribution in [0.1, 0.15) is 13.3 Å². The van der Waals surface area contributed by atoms with Gasteiger partial charge in [0.15, 0.2) is 0 Å². The predicted octanol–water partition coefficient (Wildman–Crippen LogP) is 1.22. The van der Waals surface area contributed by atoms with E-state index in [0.29, 0.717) is 13.1 Å². The molecule has 1 fully saturated rings. The summed E-state index contributed by atoms with van der Waals surface area (Å²) in [5, 5.41) is 0.0985. The highest BCUT2D eigenvalue weighted by Gasteiger charge is 2.21. The number of nitrogens with zero attached hydrogens (tertiary/aromatic N) is 3. The van der Waals surface area contributed by atoms with Crippen LogP contribution in [0.5, 0.6) is 0 Å². The molecular formula is C14H20Cl2N4O3S. The number of piperazine rings is 1. The second kappa shape index (κ2) is 8.44. The van der Waals surface area contributed by atoms with E-state index in [9.17, 15) is 13.2 Å². The lowest BCUT2D eigenvalue weighted by atomic mass is 10.3. The molecule has 0 aliphatic carbocycles. The van der Waals surface area contributed by atoms with Crippen molar-refractivity contribution in [1.82, 2.24) is 19.5 Å². The van der Waals surface area contributed by atoms with Crippen molar-refractivity contribution < 1.29 is 13.2 Å². The van der Waals surface area contributed by atoms with E-state index in [0.717, 1.165) is 25.8 Å². The van der Waals surface area contributed by atoms with Crippen molar-refractivity contribution in [3.63, 3.8) is 0 Å². The highest BCUT2D eigenvalue weighted by molar-refractivity contribution is 7.89. The molecule has 134 valence electrons. The minimum Gasteiger partial charge on any atom is -0.340 e. The van der Waals surface area contributed by atoms with Gasteiger partial charge in [-0.15, -0.1) is 0 Å². The monoisotopic (exact) mass is 394 g/mol. The molecule has 1 saturated heterocycles. The van der Waals surface area contributed by atoms with Gasteiger partial charge in [0.05, 0.1) is 5.02 Å². The Kier molecular flexibility index (Phi) is 6.82. The molecule has 0 aromatic carbocycles. The minimum absolute atomic E-state index is 0.0232. The van der Waals surface area contributed by atoms with Gasteiger partial charge < -0.3 is 9.80 Å². The van der Waals surface area contributed by atoms with E-state index in [1.165, 1.54) is 6.07 Å². The lowest BCUT2D eigenvalue weighted by Crippen LogP contribution is -2.49. The highest BCUT2D eigenvalue weighted by atomic mass is 35.5. The van der Waals surface area contributed by atoms with E-state index in [4.69, 9.17) is 23.2 Å². The van der Waals surface area contributed by atoms with E-state index in [1.807, 2.05) is 0 Å². The summed E-state index contributed by atoms with van der Waals surface area (Å²) in [4.78, 5) is 19.8. The molecule has 2 rings (SSSR count). The molecule has 2 heterocycles. The van der Waals surface area contributed by atoms with Crippen molar-refractivity contribution in [2.24, 2.45) is 0 Å². The molecule has 1 aliphatic heterocycles. The standard InChI is InChI=1S/C14H20Cl2N4O3S/c1-2-19-5-7-20(8-6-19)13(21)3-4-18-24(22,23)11-9-12(15)14(16)17-10-11/h9-10,18H,2-8H2,1H3. The van der Waals surface area contributed by atoms with Gasteiger partial charge in [0.25, 0.3) is 0 Å². The first-order chi connectivity index (χ1) is 11.3. The first kappa shape index (κ1) is 19.4. The van der Waals surface area contributed by atoms with Crippen molar-refractivity contribution in [3.05, 3.63) is 22.4 Å². The van der Waals surface area contributed by atoms with Crippen molar-refractivity contribution in [1.29, 1.82) is 0 Å². The maximum absolute atomic E-state index is 12.2. The number of nitrogens with one attached hydrogen (secondary N) is 1. The molecule has 0 atom stereocenters. The molecule has 7 nitrogen and oxygen atoms in total. The Morgan fingerprint density at radius 3 is 2.54 bits per heavy atom. The third-order valence-corrected chi connectivity index (χ3v) is 6.00. The predicted molar refractivity (Wildman–Crippen MR) is 92.8 cm³/mol. The van der Waals surface area contributed by atoms with Crippen molar-refractivity contribution in [3.8, 4) is 0 Å². The summed E-state index contributed by atoms with van der Waals surface area (Å²) < 4.78 is 26.7. The van der Waals surface area contributed by atoms with E-state index < -0.39 is 10.0 Å². The number of carbonyl (C=O) groups excluding carboxylic acids is 1. The van der Waals surface area contributed by atoms with Crippen LogP contribution in [-0.4, -0.2) is 68.4 Å². The average Bonchev–Trinajstić information content (AvgIpc) is 2.57. The van der Waals surface area contributed by atoms with Crippen LogP contribution in [0.2, 0.25) is 10.2 Å². The first-order valence-corrected chi connectivity index (χ1v) is 9.88. The third kappa shape index (κ3) is 5.03. The molecule has 24 heavy (non-hydrogen) atoms. The molecule has 0 spiro atoms. The van der Waals surface area contributed by atoms with Gasteiger partial charge in [0.1, 0.15) is 10.0 Å². The van der Waals surface area contributed by atoms with Crippen LogP contribution in [0, 0.1) is 0 Å². The normalized spacial score (nSPS) is 16.4. The van der Waals surface area contributed by atoms with Gasteiger partial charge >= 0.3 is 0 Å². The smallest absolute Gasteiger partial charge is 0.242 e. The fourth-order valence-electron chi connectivity index (χ4n) is 2.40. The Bertz CT molecular complexity index is 691. The third-order valence-electron chi connectivity index (χ3n) is 3.88. The van der Waals surface area contributed by atoms with E-state index in [1.54, 1.807) is 4.90 Å². The van der Waals surface area contributed by atoms with Gasteiger partial charge in [-0.3, -0.25) is 4.79 Å². The SMILES string of the molecule is CCN1CCN(C(=O)CCNS(=O)(=O)c2cnc(Cl)c(Cl)c2)CC1. The topological polar surface area (TPSA) is 82.6 Å². The molecular weight excluding hydrogens is 375 g/mol. The molecule has 0 radical (unpaired) electrons. The van der Waals surface area contributed by atoms with E-state index in [-0.39, 0.29) is 33.9 Å². The Hall–Kier alpha value is -0.930.